The number of ether oxygens (including phenoxy) is 1. The van der Waals surface area contributed by atoms with Crippen LogP contribution in [0.5, 0.6) is 11.6 Å². The maximum absolute atomic E-state index is 13.1. The Labute approximate surface area is 152 Å². The van der Waals surface area contributed by atoms with Crippen LogP contribution in [0.2, 0.25) is 0 Å². The molecule has 2 heterocycles. The quantitative estimate of drug-likeness (QED) is 0.347. The molecule has 3 nitrogen and oxygen atoms in total. The Hall–Kier alpha value is -3.15. The number of aromatic nitrogens is 2. The first-order valence-electron chi connectivity index (χ1n) is 8.46. The third kappa shape index (κ3) is 2.22. The van der Waals surface area contributed by atoms with Crippen LogP contribution in [0, 0.1) is 6.92 Å². The van der Waals surface area contributed by atoms with E-state index in [-0.39, 0.29) is 5.52 Å². The SMILES string of the molecule is Cc1ccc2cccc3c2c1-c1c(nc2cc(C(F)(F)F)ccc2[n+]1C)O3. The highest BCUT2D eigenvalue weighted by atomic mass is 19.4. The molecule has 0 bridgehead atoms. The monoisotopic (exact) mass is 367 g/mol. The van der Waals surface area contributed by atoms with Crippen LogP contribution in [-0.4, -0.2) is 4.98 Å². The molecule has 0 saturated carbocycles. The Morgan fingerprint density at radius 3 is 2.63 bits per heavy atom. The molecule has 3 aromatic carbocycles. The number of benzene rings is 3. The van der Waals surface area contributed by atoms with Crippen molar-refractivity contribution in [3.63, 3.8) is 0 Å². The molecule has 0 unspecified atom stereocenters. The van der Waals surface area contributed by atoms with Crippen LogP contribution < -0.4 is 9.30 Å². The van der Waals surface area contributed by atoms with Gasteiger partial charge in [-0.25, -0.2) is 4.98 Å². The minimum absolute atomic E-state index is 0.246. The molecule has 0 spiro atoms. The lowest BCUT2D eigenvalue weighted by Gasteiger charge is -2.20. The predicted octanol–water partition coefficient (Wildman–Crippen LogP) is 5.31. The summed E-state index contributed by atoms with van der Waals surface area (Å²) in [6.45, 7) is 2.01. The van der Waals surface area contributed by atoms with Crippen molar-refractivity contribution in [3.05, 3.63) is 59.7 Å². The highest BCUT2D eigenvalue weighted by Gasteiger charge is 2.34. The Bertz CT molecular complexity index is 1260. The summed E-state index contributed by atoms with van der Waals surface area (Å²) in [5.41, 5.74) is 2.96. The molecular formula is C21H14F3N2O+. The van der Waals surface area contributed by atoms with E-state index in [0.29, 0.717) is 17.1 Å². The Kier molecular flexibility index (Phi) is 3.09. The Morgan fingerprint density at radius 2 is 1.85 bits per heavy atom. The number of halogens is 3. The van der Waals surface area contributed by atoms with Crippen LogP contribution in [0.1, 0.15) is 11.1 Å². The van der Waals surface area contributed by atoms with Crippen molar-refractivity contribution in [1.29, 1.82) is 0 Å². The molecule has 6 heteroatoms. The van der Waals surface area contributed by atoms with E-state index in [1.165, 1.54) is 6.07 Å². The average Bonchev–Trinajstić information content (AvgIpc) is 2.63. The molecule has 1 aromatic heterocycles. The van der Waals surface area contributed by atoms with Crippen molar-refractivity contribution < 1.29 is 22.5 Å². The number of hydrogen-bond donors (Lipinski definition) is 0. The van der Waals surface area contributed by atoms with Gasteiger partial charge in [-0.3, -0.25) is 0 Å². The van der Waals surface area contributed by atoms with E-state index in [2.05, 4.69) is 4.98 Å². The van der Waals surface area contributed by atoms with Crippen LogP contribution in [-0.2, 0) is 13.2 Å². The molecule has 4 aromatic rings. The van der Waals surface area contributed by atoms with Crippen LogP contribution in [0.25, 0.3) is 33.1 Å². The van der Waals surface area contributed by atoms with Crippen molar-refractivity contribution in [3.8, 4) is 22.9 Å². The van der Waals surface area contributed by atoms with Gasteiger partial charge in [0, 0.05) is 11.5 Å². The van der Waals surface area contributed by atoms with Crippen molar-refractivity contribution in [2.75, 3.05) is 0 Å². The van der Waals surface area contributed by atoms with Gasteiger partial charge in [0.15, 0.2) is 0 Å². The second kappa shape index (κ2) is 5.19. The van der Waals surface area contributed by atoms with E-state index in [9.17, 15) is 13.2 Å². The van der Waals surface area contributed by atoms with Gasteiger partial charge in [0.05, 0.1) is 11.1 Å². The Morgan fingerprint density at radius 1 is 1.04 bits per heavy atom. The van der Waals surface area contributed by atoms with Crippen molar-refractivity contribution in [1.82, 2.24) is 4.98 Å². The third-order valence-corrected chi connectivity index (χ3v) is 5.08. The summed E-state index contributed by atoms with van der Waals surface area (Å²) in [7, 11) is 1.83. The van der Waals surface area contributed by atoms with Crippen LogP contribution >= 0.6 is 0 Å². The molecule has 134 valence electrons. The summed E-state index contributed by atoms with van der Waals surface area (Å²) in [5, 5.41) is 2.04. The minimum atomic E-state index is -4.42. The molecule has 27 heavy (non-hydrogen) atoms. The number of alkyl halides is 3. The zero-order chi connectivity index (χ0) is 18.9. The van der Waals surface area contributed by atoms with Gasteiger partial charge in [-0.05, 0) is 36.1 Å². The van der Waals surface area contributed by atoms with E-state index in [1.54, 1.807) is 0 Å². The molecular weight excluding hydrogens is 353 g/mol. The average molecular weight is 367 g/mol. The molecule has 0 fully saturated rings. The lowest BCUT2D eigenvalue weighted by molar-refractivity contribution is -0.634. The number of rotatable bonds is 0. The van der Waals surface area contributed by atoms with E-state index in [0.717, 1.165) is 39.7 Å². The summed E-state index contributed by atoms with van der Waals surface area (Å²) in [6.07, 6.45) is -4.42. The predicted molar refractivity (Wildman–Crippen MR) is 95.7 cm³/mol. The molecule has 0 radical (unpaired) electrons. The molecule has 0 amide bonds. The van der Waals surface area contributed by atoms with Crippen LogP contribution in [0.15, 0.2) is 48.5 Å². The smallest absolute Gasteiger partial charge is 0.416 e. The third-order valence-electron chi connectivity index (χ3n) is 5.08. The van der Waals surface area contributed by atoms with Crippen molar-refractivity contribution in [2.24, 2.45) is 7.05 Å². The molecule has 0 saturated heterocycles. The maximum atomic E-state index is 13.1. The fraction of sp³-hybridized carbons (Fsp3) is 0.143. The Balaban J connectivity index is 1.89. The molecule has 0 N–H and O–H groups in total. The van der Waals surface area contributed by atoms with Gasteiger partial charge in [-0.1, -0.05) is 24.3 Å². The molecule has 1 aliphatic rings. The van der Waals surface area contributed by atoms with Gasteiger partial charge in [-0.15, -0.1) is 0 Å². The first kappa shape index (κ1) is 16.1. The number of aryl methyl sites for hydroxylation is 2. The van der Waals surface area contributed by atoms with E-state index in [4.69, 9.17) is 4.74 Å². The first-order chi connectivity index (χ1) is 12.8. The fourth-order valence-electron chi connectivity index (χ4n) is 3.79. The zero-order valence-electron chi connectivity index (χ0n) is 14.6. The molecule has 5 rings (SSSR count). The van der Waals surface area contributed by atoms with Gasteiger partial charge in [0.2, 0.25) is 5.52 Å². The summed E-state index contributed by atoms with van der Waals surface area (Å²) >= 11 is 0. The van der Waals surface area contributed by atoms with Gasteiger partial charge < -0.3 is 4.74 Å². The fourth-order valence-corrected chi connectivity index (χ4v) is 3.79. The standard InChI is InChI=1S/C21H14F3N2O/c1-11-6-7-12-4-3-5-16-18(12)17(11)19-20(27-16)25-14-10-13(21(22,23)24)8-9-15(14)26(19)2/h3-10H,1-2H3/q+1. The van der Waals surface area contributed by atoms with Crippen molar-refractivity contribution in [2.45, 2.75) is 13.1 Å². The zero-order valence-corrected chi connectivity index (χ0v) is 14.6. The topological polar surface area (TPSA) is 26.0 Å². The van der Waals surface area contributed by atoms with E-state index >= 15 is 0 Å². The van der Waals surface area contributed by atoms with Gasteiger partial charge in [0.25, 0.3) is 11.6 Å². The largest absolute Gasteiger partial charge is 0.433 e. The van der Waals surface area contributed by atoms with Crippen molar-refractivity contribution >= 4 is 21.8 Å². The number of nitrogens with zero attached hydrogens (tertiary/aromatic N) is 2. The number of hydrogen-bond acceptors (Lipinski definition) is 2. The normalized spacial score (nSPS) is 12.9. The number of fused-ring (bicyclic) bond motifs is 3. The van der Waals surface area contributed by atoms with E-state index < -0.39 is 11.7 Å². The van der Waals surface area contributed by atoms with Gasteiger partial charge >= 0.3 is 6.18 Å². The lowest BCUT2D eigenvalue weighted by Crippen LogP contribution is -2.34. The second-order valence-electron chi connectivity index (χ2n) is 6.74. The summed E-state index contributed by atoms with van der Waals surface area (Å²) in [4.78, 5) is 4.43. The van der Waals surface area contributed by atoms with Gasteiger partial charge in [-0.2, -0.15) is 17.7 Å². The van der Waals surface area contributed by atoms with Crippen LogP contribution in [0.4, 0.5) is 13.2 Å². The second-order valence-corrected chi connectivity index (χ2v) is 6.74. The molecule has 0 atom stereocenters. The lowest BCUT2D eigenvalue weighted by atomic mass is 9.94. The summed E-state index contributed by atoms with van der Waals surface area (Å²) < 4.78 is 47.1. The highest BCUT2D eigenvalue weighted by molar-refractivity contribution is 6.03. The molecule has 1 aliphatic heterocycles. The summed E-state index contributed by atoms with van der Waals surface area (Å²) in [6, 6.07) is 13.4. The maximum Gasteiger partial charge on any atom is 0.416 e. The highest BCUT2D eigenvalue weighted by Crippen LogP contribution is 2.46. The van der Waals surface area contributed by atoms with Crippen LogP contribution in [0.3, 0.4) is 0 Å². The molecule has 0 aliphatic carbocycles. The van der Waals surface area contributed by atoms with E-state index in [1.807, 2.05) is 48.9 Å². The van der Waals surface area contributed by atoms with Gasteiger partial charge in [0.1, 0.15) is 18.3 Å². The minimum Gasteiger partial charge on any atom is -0.433 e. The summed E-state index contributed by atoms with van der Waals surface area (Å²) in [5.74, 6) is 0.983. The first-order valence-corrected chi connectivity index (χ1v) is 8.46.